The molecule has 0 aromatic carbocycles. The number of nitrogens with one attached hydrogen (secondary N) is 1. The Morgan fingerprint density at radius 2 is 2.05 bits per heavy atom. The van der Waals surface area contributed by atoms with Gasteiger partial charge in [0.1, 0.15) is 5.82 Å². The van der Waals surface area contributed by atoms with Crippen LogP contribution >= 0.6 is 0 Å². The van der Waals surface area contributed by atoms with E-state index in [0.29, 0.717) is 6.54 Å². The quantitative estimate of drug-likeness (QED) is 0.801. The first-order valence-corrected chi connectivity index (χ1v) is 6.01. The third kappa shape index (κ3) is 3.10. The molecular weight excluding hydrogens is 244 g/mol. The van der Waals surface area contributed by atoms with Crippen molar-refractivity contribution in [2.45, 2.75) is 13.2 Å². The second-order valence-corrected chi connectivity index (χ2v) is 4.00. The fourth-order valence-electron chi connectivity index (χ4n) is 1.78. The van der Waals surface area contributed by atoms with Gasteiger partial charge in [0.15, 0.2) is 12.1 Å². The van der Waals surface area contributed by atoms with E-state index in [1.807, 2.05) is 29.8 Å². The summed E-state index contributed by atoms with van der Waals surface area (Å²) in [4.78, 5) is 8.60. The average molecular weight is 262 g/mol. The van der Waals surface area contributed by atoms with Gasteiger partial charge < -0.3 is 14.8 Å². The molecule has 0 aliphatic rings. The van der Waals surface area contributed by atoms with Crippen molar-refractivity contribution in [2.24, 2.45) is 0 Å². The standard InChI is InChI=1S/C13H18N4O2/c1-10-14-7-8-17(10)13-11(5-4-6-15-13)16-9-12(18-2)19-3/h4-8,12,16H,9H2,1-3H3. The highest BCUT2D eigenvalue weighted by Crippen LogP contribution is 2.18. The van der Waals surface area contributed by atoms with Crippen LogP contribution in [-0.4, -0.2) is 41.6 Å². The number of methoxy groups -OCH3 is 2. The zero-order valence-electron chi connectivity index (χ0n) is 11.3. The molecule has 0 fully saturated rings. The van der Waals surface area contributed by atoms with Crippen molar-refractivity contribution in [3.8, 4) is 5.82 Å². The van der Waals surface area contributed by atoms with Crippen LogP contribution in [0.2, 0.25) is 0 Å². The van der Waals surface area contributed by atoms with Gasteiger partial charge in [0.05, 0.1) is 12.2 Å². The van der Waals surface area contributed by atoms with Crippen molar-refractivity contribution in [3.63, 3.8) is 0 Å². The minimum Gasteiger partial charge on any atom is -0.377 e. The molecule has 6 nitrogen and oxygen atoms in total. The van der Waals surface area contributed by atoms with Gasteiger partial charge >= 0.3 is 0 Å². The number of aromatic nitrogens is 3. The number of hydrogen-bond donors (Lipinski definition) is 1. The number of imidazole rings is 1. The molecule has 0 bridgehead atoms. The molecule has 0 spiro atoms. The predicted molar refractivity (Wildman–Crippen MR) is 72.4 cm³/mol. The first-order valence-electron chi connectivity index (χ1n) is 6.01. The third-order valence-corrected chi connectivity index (χ3v) is 2.83. The van der Waals surface area contributed by atoms with Crippen LogP contribution in [0.4, 0.5) is 5.69 Å². The van der Waals surface area contributed by atoms with Crippen LogP contribution in [0.3, 0.4) is 0 Å². The molecule has 0 aliphatic heterocycles. The van der Waals surface area contributed by atoms with Crippen molar-refractivity contribution in [1.82, 2.24) is 14.5 Å². The smallest absolute Gasteiger partial charge is 0.173 e. The number of pyridine rings is 1. The summed E-state index contributed by atoms with van der Waals surface area (Å²) in [6, 6.07) is 3.84. The maximum absolute atomic E-state index is 5.15. The molecule has 0 aliphatic carbocycles. The summed E-state index contributed by atoms with van der Waals surface area (Å²) in [5, 5.41) is 3.27. The summed E-state index contributed by atoms with van der Waals surface area (Å²) >= 11 is 0. The molecule has 0 radical (unpaired) electrons. The van der Waals surface area contributed by atoms with Crippen LogP contribution in [0.5, 0.6) is 0 Å². The number of anilines is 1. The van der Waals surface area contributed by atoms with Crippen LogP contribution in [-0.2, 0) is 9.47 Å². The molecule has 2 aromatic rings. The maximum Gasteiger partial charge on any atom is 0.173 e. The summed E-state index contributed by atoms with van der Waals surface area (Å²) in [5.74, 6) is 1.69. The van der Waals surface area contributed by atoms with Gasteiger partial charge in [0, 0.05) is 32.8 Å². The molecule has 2 aromatic heterocycles. The molecule has 0 atom stereocenters. The van der Waals surface area contributed by atoms with Crippen molar-refractivity contribution < 1.29 is 9.47 Å². The fourth-order valence-corrected chi connectivity index (χ4v) is 1.78. The van der Waals surface area contributed by atoms with E-state index in [9.17, 15) is 0 Å². The van der Waals surface area contributed by atoms with Gasteiger partial charge in [-0.25, -0.2) is 9.97 Å². The molecular formula is C13H18N4O2. The molecule has 2 rings (SSSR count). The second-order valence-electron chi connectivity index (χ2n) is 4.00. The fraction of sp³-hybridized carbons (Fsp3) is 0.385. The van der Waals surface area contributed by atoms with E-state index in [0.717, 1.165) is 17.3 Å². The van der Waals surface area contributed by atoms with Crippen LogP contribution in [0, 0.1) is 6.92 Å². The highest BCUT2D eigenvalue weighted by molar-refractivity contribution is 5.57. The first kappa shape index (κ1) is 13.5. The number of ether oxygens (including phenoxy) is 2. The third-order valence-electron chi connectivity index (χ3n) is 2.83. The summed E-state index contributed by atoms with van der Waals surface area (Å²) in [7, 11) is 3.22. The van der Waals surface area contributed by atoms with Crippen molar-refractivity contribution in [2.75, 3.05) is 26.1 Å². The summed E-state index contributed by atoms with van der Waals surface area (Å²) in [5.41, 5.74) is 0.905. The number of hydrogen-bond acceptors (Lipinski definition) is 5. The Morgan fingerprint density at radius 1 is 1.26 bits per heavy atom. The van der Waals surface area contributed by atoms with Gasteiger partial charge in [0.2, 0.25) is 0 Å². The highest BCUT2D eigenvalue weighted by Gasteiger charge is 2.10. The molecule has 0 amide bonds. The SMILES string of the molecule is COC(CNc1cccnc1-n1ccnc1C)OC. The predicted octanol–water partition coefficient (Wildman–Crippen LogP) is 1.61. The lowest BCUT2D eigenvalue weighted by molar-refractivity contribution is -0.0914. The summed E-state index contributed by atoms with van der Waals surface area (Å²) in [6.45, 7) is 2.48. The van der Waals surface area contributed by atoms with E-state index in [1.54, 1.807) is 26.6 Å². The average Bonchev–Trinajstić information content (AvgIpc) is 2.86. The normalized spacial score (nSPS) is 10.9. The van der Waals surface area contributed by atoms with Gasteiger partial charge in [-0.05, 0) is 19.1 Å². The molecule has 19 heavy (non-hydrogen) atoms. The lowest BCUT2D eigenvalue weighted by atomic mass is 10.3. The Morgan fingerprint density at radius 3 is 2.68 bits per heavy atom. The Hall–Kier alpha value is -1.92. The molecule has 0 unspecified atom stereocenters. The zero-order valence-corrected chi connectivity index (χ0v) is 11.3. The van der Waals surface area contributed by atoms with E-state index in [2.05, 4.69) is 15.3 Å². The van der Waals surface area contributed by atoms with Crippen LogP contribution in [0.25, 0.3) is 5.82 Å². The van der Waals surface area contributed by atoms with Crippen molar-refractivity contribution in [1.29, 1.82) is 0 Å². The topological polar surface area (TPSA) is 61.2 Å². The minimum absolute atomic E-state index is 0.294. The first-order chi connectivity index (χ1) is 9.26. The monoisotopic (exact) mass is 262 g/mol. The van der Waals surface area contributed by atoms with E-state index >= 15 is 0 Å². The van der Waals surface area contributed by atoms with E-state index in [1.165, 1.54) is 0 Å². The lowest BCUT2D eigenvalue weighted by Gasteiger charge is -2.17. The van der Waals surface area contributed by atoms with Crippen LogP contribution in [0.15, 0.2) is 30.7 Å². The van der Waals surface area contributed by atoms with E-state index < -0.39 is 0 Å². The second kappa shape index (κ2) is 6.31. The van der Waals surface area contributed by atoms with Gasteiger partial charge in [-0.3, -0.25) is 4.57 Å². The largest absolute Gasteiger partial charge is 0.377 e. The Balaban J connectivity index is 2.20. The van der Waals surface area contributed by atoms with Gasteiger partial charge in [-0.2, -0.15) is 0 Å². The molecule has 0 saturated carbocycles. The van der Waals surface area contributed by atoms with Crippen molar-refractivity contribution >= 4 is 5.69 Å². The van der Waals surface area contributed by atoms with Gasteiger partial charge in [0.25, 0.3) is 0 Å². The minimum atomic E-state index is -0.294. The van der Waals surface area contributed by atoms with E-state index in [-0.39, 0.29) is 6.29 Å². The Kier molecular flexibility index (Phi) is 4.48. The molecule has 1 N–H and O–H groups in total. The Bertz CT molecular complexity index is 523. The Labute approximate surface area is 112 Å². The van der Waals surface area contributed by atoms with E-state index in [4.69, 9.17) is 9.47 Å². The van der Waals surface area contributed by atoms with Crippen molar-refractivity contribution in [3.05, 3.63) is 36.5 Å². The summed E-state index contributed by atoms with van der Waals surface area (Å²) < 4.78 is 12.2. The maximum atomic E-state index is 5.15. The molecule has 102 valence electrons. The van der Waals surface area contributed by atoms with Gasteiger partial charge in [-0.15, -0.1) is 0 Å². The number of nitrogens with zero attached hydrogens (tertiary/aromatic N) is 3. The zero-order chi connectivity index (χ0) is 13.7. The lowest BCUT2D eigenvalue weighted by Crippen LogP contribution is -2.24. The highest BCUT2D eigenvalue weighted by atomic mass is 16.7. The number of aryl methyl sites for hydroxylation is 1. The molecule has 0 saturated heterocycles. The summed E-state index contributed by atoms with van der Waals surface area (Å²) in [6.07, 6.45) is 5.09. The van der Waals surface area contributed by atoms with Gasteiger partial charge in [-0.1, -0.05) is 0 Å². The molecule has 6 heteroatoms. The van der Waals surface area contributed by atoms with Crippen LogP contribution < -0.4 is 5.32 Å². The van der Waals surface area contributed by atoms with Crippen LogP contribution in [0.1, 0.15) is 5.82 Å². The molecule has 2 heterocycles. The number of rotatable bonds is 6.